The van der Waals surface area contributed by atoms with E-state index in [1.54, 1.807) is 6.07 Å². The van der Waals surface area contributed by atoms with Crippen LogP contribution in [0.2, 0.25) is 5.02 Å². The maximum atomic E-state index is 11.0. The van der Waals surface area contributed by atoms with E-state index in [9.17, 15) is 4.79 Å². The van der Waals surface area contributed by atoms with Gasteiger partial charge in [0.05, 0.1) is 18.2 Å². The van der Waals surface area contributed by atoms with Crippen LogP contribution in [0.4, 0.5) is 0 Å². The van der Waals surface area contributed by atoms with Gasteiger partial charge in [-0.1, -0.05) is 23.7 Å². The Hall–Kier alpha value is -2.21. The Labute approximate surface area is 131 Å². The molecule has 0 atom stereocenters. The Balaban J connectivity index is 2.17. The van der Waals surface area contributed by atoms with E-state index in [0.717, 1.165) is 12.0 Å². The standard InChI is InChI=1S/C15H14ClNO5/c1-2-8-13(11-7-10(15(18)19)17-22-11)9(16)6-12-14(8)21-5-3-4-20-12/h6-7H,2-5H2,1H3,(H,18,19). The summed E-state index contributed by atoms with van der Waals surface area (Å²) in [4.78, 5) is 11.0. The largest absolute Gasteiger partial charge is 0.489 e. The Morgan fingerprint density at radius 2 is 2.14 bits per heavy atom. The highest BCUT2D eigenvalue weighted by Gasteiger charge is 2.24. The molecule has 0 aliphatic carbocycles. The highest BCUT2D eigenvalue weighted by molar-refractivity contribution is 6.33. The zero-order valence-corrected chi connectivity index (χ0v) is 12.6. The minimum Gasteiger partial charge on any atom is -0.489 e. The van der Waals surface area contributed by atoms with Crippen molar-refractivity contribution in [1.82, 2.24) is 5.16 Å². The Morgan fingerprint density at radius 3 is 2.82 bits per heavy atom. The number of halogens is 1. The summed E-state index contributed by atoms with van der Waals surface area (Å²) in [5.74, 6) is 0.377. The van der Waals surface area contributed by atoms with Crippen molar-refractivity contribution in [1.29, 1.82) is 0 Å². The molecule has 7 heteroatoms. The first-order valence-corrected chi connectivity index (χ1v) is 7.31. The molecule has 0 fully saturated rings. The lowest BCUT2D eigenvalue weighted by atomic mass is 10.0. The van der Waals surface area contributed by atoms with Gasteiger partial charge >= 0.3 is 5.97 Å². The molecule has 0 spiro atoms. The van der Waals surface area contributed by atoms with Crippen LogP contribution >= 0.6 is 11.6 Å². The van der Waals surface area contributed by atoms with Gasteiger partial charge in [0.25, 0.3) is 0 Å². The number of carboxylic acid groups (broad SMARTS) is 1. The van der Waals surface area contributed by atoms with Gasteiger partial charge in [-0.05, 0) is 6.42 Å². The number of hydrogen-bond acceptors (Lipinski definition) is 5. The van der Waals surface area contributed by atoms with E-state index in [2.05, 4.69) is 5.16 Å². The molecule has 0 bridgehead atoms. The van der Waals surface area contributed by atoms with E-state index in [0.29, 0.717) is 47.5 Å². The fourth-order valence-electron chi connectivity index (χ4n) is 2.44. The lowest BCUT2D eigenvalue weighted by molar-refractivity contribution is 0.0686. The Morgan fingerprint density at radius 1 is 1.36 bits per heavy atom. The van der Waals surface area contributed by atoms with E-state index in [1.165, 1.54) is 6.07 Å². The van der Waals surface area contributed by atoms with Crippen molar-refractivity contribution >= 4 is 17.6 Å². The molecule has 22 heavy (non-hydrogen) atoms. The lowest BCUT2D eigenvalue weighted by Crippen LogP contribution is -2.00. The number of carbonyl (C=O) groups is 1. The third kappa shape index (κ3) is 2.50. The quantitative estimate of drug-likeness (QED) is 0.932. The summed E-state index contributed by atoms with van der Waals surface area (Å²) in [7, 11) is 0. The molecule has 0 saturated heterocycles. The summed E-state index contributed by atoms with van der Waals surface area (Å²) in [6, 6.07) is 3.02. The molecule has 0 unspecified atom stereocenters. The van der Waals surface area contributed by atoms with Crippen molar-refractivity contribution in [3.63, 3.8) is 0 Å². The Bertz CT molecular complexity index is 725. The van der Waals surface area contributed by atoms with Crippen LogP contribution < -0.4 is 9.47 Å². The molecule has 0 radical (unpaired) electrons. The SMILES string of the molecule is CCc1c2c(cc(Cl)c1-c1cc(C(=O)O)no1)OCCCO2. The summed E-state index contributed by atoms with van der Waals surface area (Å²) in [6.45, 7) is 3.08. The van der Waals surface area contributed by atoms with Crippen molar-refractivity contribution in [3.05, 3.63) is 28.4 Å². The van der Waals surface area contributed by atoms with E-state index < -0.39 is 5.97 Å². The minimum absolute atomic E-state index is 0.166. The van der Waals surface area contributed by atoms with Gasteiger partial charge in [-0.3, -0.25) is 0 Å². The Kier molecular flexibility index (Phi) is 3.94. The van der Waals surface area contributed by atoms with Crippen LogP contribution in [0.5, 0.6) is 11.5 Å². The predicted octanol–water partition coefficient (Wildman–Crippen LogP) is 3.42. The van der Waals surface area contributed by atoms with Gasteiger partial charge in [0.15, 0.2) is 23.0 Å². The van der Waals surface area contributed by atoms with E-state index in [4.69, 9.17) is 30.7 Å². The molecule has 2 aromatic rings. The normalized spacial score (nSPS) is 13.7. The van der Waals surface area contributed by atoms with Gasteiger partial charge in [0.1, 0.15) is 0 Å². The fraction of sp³-hybridized carbons (Fsp3) is 0.333. The summed E-state index contributed by atoms with van der Waals surface area (Å²) in [5.41, 5.74) is 1.24. The summed E-state index contributed by atoms with van der Waals surface area (Å²) >= 11 is 6.35. The third-order valence-electron chi connectivity index (χ3n) is 3.42. The van der Waals surface area contributed by atoms with E-state index in [-0.39, 0.29) is 5.69 Å². The first-order valence-electron chi connectivity index (χ1n) is 6.93. The van der Waals surface area contributed by atoms with Gasteiger partial charge in [-0.15, -0.1) is 0 Å². The molecular weight excluding hydrogens is 310 g/mol. The number of carboxylic acids is 1. The van der Waals surface area contributed by atoms with E-state index >= 15 is 0 Å². The monoisotopic (exact) mass is 323 g/mol. The van der Waals surface area contributed by atoms with Crippen molar-refractivity contribution in [2.75, 3.05) is 13.2 Å². The summed E-state index contributed by atoms with van der Waals surface area (Å²) < 4.78 is 16.6. The maximum absolute atomic E-state index is 11.0. The predicted molar refractivity (Wildman–Crippen MR) is 78.9 cm³/mol. The molecule has 116 valence electrons. The second-order valence-electron chi connectivity index (χ2n) is 4.82. The van der Waals surface area contributed by atoms with Gasteiger partial charge in [-0.2, -0.15) is 0 Å². The van der Waals surface area contributed by atoms with Crippen molar-refractivity contribution in [3.8, 4) is 22.8 Å². The number of rotatable bonds is 3. The number of fused-ring (bicyclic) bond motifs is 1. The van der Waals surface area contributed by atoms with Crippen molar-refractivity contribution < 1.29 is 23.9 Å². The summed E-state index contributed by atoms with van der Waals surface area (Å²) in [6.07, 6.45) is 1.42. The second kappa shape index (κ2) is 5.88. The van der Waals surface area contributed by atoms with Crippen LogP contribution in [0.15, 0.2) is 16.7 Å². The minimum atomic E-state index is -1.15. The first-order chi connectivity index (χ1) is 10.6. The van der Waals surface area contributed by atoms with Crippen LogP contribution in [-0.4, -0.2) is 29.4 Å². The molecule has 2 heterocycles. The second-order valence-corrected chi connectivity index (χ2v) is 5.23. The average Bonchev–Trinajstić information content (AvgIpc) is 2.86. The third-order valence-corrected chi connectivity index (χ3v) is 3.72. The topological polar surface area (TPSA) is 81.8 Å². The van der Waals surface area contributed by atoms with Gasteiger partial charge in [-0.25, -0.2) is 4.79 Å². The fourth-order valence-corrected chi connectivity index (χ4v) is 2.74. The van der Waals surface area contributed by atoms with Gasteiger partial charge in [0.2, 0.25) is 0 Å². The van der Waals surface area contributed by atoms with Crippen LogP contribution in [0.3, 0.4) is 0 Å². The number of ether oxygens (including phenoxy) is 2. The van der Waals surface area contributed by atoms with Gasteiger partial charge < -0.3 is 19.1 Å². The molecule has 1 aliphatic heterocycles. The molecule has 0 amide bonds. The number of aromatic nitrogens is 1. The highest BCUT2D eigenvalue weighted by atomic mass is 35.5. The number of benzene rings is 1. The lowest BCUT2D eigenvalue weighted by Gasteiger charge is -2.16. The number of hydrogen-bond donors (Lipinski definition) is 1. The average molecular weight is 324 g/mol. The maximum Gasteiger partial charge on any atom is 0.358 e. The van der Waals surface area contributed by atoms with Crippen LogP contribution in [0.25, 0.3) is 11.3 Å². The van der Waals surface area contributed by atoms with Crippen LogP contribution in [-0.2, 0) is 6.42 Å². The van der Waals surface area contributed by atoms with E-state index in [1.807, 2.05) is 6.92 Å². The molecule has 1 aliphatic rings. The van der Waals surface area contributed by atoms with Crippen LogP contribution in [0.1, 0.15) is 29.4 Å². The summed E-state index contributed by atoms with van der Waals surface area (Å²) in [5, 5.41) is 12.9. The molecule has 1 aromatic heterocycles. The van der Waals surface area contributed by atoms with Crippen LogP contribution in [0, 0.1) is 0 Å². The number of nitrogens with zero attached hydrogens (tertiary/aromatic N) is 1. The molecule has 1 N–H and O–H groups in total. The zero-order valence-electron chi connectivity index (χ0n) is 11.9. The van der Waals surface area contributed by atoms with Crippen molar-refractivity contribution in [2.24, 2.45) is 0 Å². The van der Waals surface area contributed by atoms with Crippen molar-refractivity contribution in [2.45, 2.75) is 19.8 Å². The smallest absolute Gasteiger partial charge is 0.358 e. The van der Waals surface area contributed by atoms with Gasteiger partial charge in [0, 0.05) is 29.7 Å². The zero-order chi connectivity index (χ0) is 15.7. The molecule has 3 rings (SSSR count). The number of aromatic carboxylic acids is 1. The molecule has 1 aromatic carbocycles. The molecule has 0 saturated carbocycles. The molecule has 6 nitrogen and oxygen atoms in total. The first kappa shape index (κ1) is 14.7. The highest BCUT2D eigenvalue weighted by Crippen LogP contribution is 2.44. The molecular formula is C15H14ClNO5.